The van der Waals surface area contributed by atoms with Crippen molar-refractivity contribution in [1.29, 1.82) is 0 Å². The van der Waals surface area contributed by atoms with E-state index in [0.717, 1.165) is 71.2 Å². The molecular formula is C28H29N5O3. The minimum absolute atomic E-state index is 0.497. The molecule has 2 saturated heterocycles. The van der Waals surface area contributed by atoms with Crippen LogP contribution in [0.3, 0.4) is 0 Å². The third kappa shape index (κ3) is 4.69. The van der Waals surface area contributed by atoms with E-state index in [1.165, 1.54) is 0 Å². The first kappa shape index (κ1) is 22.7. The first-order chi connectivity index (χ1) is 17.9. The number of para-hydroxylation sites is 1. The van der Waals surface area contributed by atoms with Crippen molar-refractivity contribution in [2.45, 2.75) is 6.61 Å². The number of fused-ring (bicyclic) bond motifs is 1. The average molecular weight is 484 g/mol. The van der Waals surface area contributed by atoms with Crippen LogP contribution in [0, 0.1) is 0 Å². The Labute approximate surface area is 210 Å². The maximum Gasteiger partial charge on any atom is 0.161 e. The van der Waals surface area contributed by atoms with Crippen molar-refractivity contribution in [2.24, 2.45) is 0 Å². The summed E-state index contributed by atoms with van der Waals surface area (Å²) in [7, 11) is 0. The fourth-order valence-corrected chi connectivity index (χ4v) is 4.73. The fourth-order valence-electron chi connectivity index (χ4n) is 4.73. The van der Waals surface area contributed by atoms with Gasteiger partial charge >= 0.3 is 0 Å². The number of aromatic nitrogens is 3. The number of hydrogen-bond acceptors (Lipinski definition) is 8. The van der Waals surface area contributed by atoms with Crippen LogP contribution in [0.1, 0.15) is 5.56 Å². The minimum Gasteiger partial charge on any atom is -0.488 e. The minimum atomic E-state index is 0.497. The molecule has 0 bridgehead atoms. The molecule has 6 rings (SSSR count). The smallest absolute Gasteiger partial charge is 0.161 e. The number of anilines is 2. The summed E-state index contributed by atoms with van der Waals surface area (Å²) in [5, 5.41) is 11.4. The van der Waals surface area contributed by atoms with Gasteiger partial charge < -0.3 is 24.0 Å². The summed E-state index contributed by atoms with van der Waals surface area (Å²) in [4.78, 5) is 9.38. The van der Waals surface area contributed by atoms with Crippen molar-refractivity contribution in [3.8, 4) is 17.0 Å². The number of hydrogen-bond donors (Lipinski definition) is 0. The Morgan fingerprint density at radius 3 is 2.03 bits per heavy atom. The van der Waals surface area contributed by atoms with E-state index in [2.05, 4.69) is 39.2 Å². The van der Waals surface area contributed by atoms with Crippen LogP contribution in [0.2, 0.25) is 0 Å². The van der Waals surface area contributed by atoms with Gasteiger partial charge in [0.15, 0.2) is 11.6 Å². The second-order valence-electron chi connectivity index (χ2n) is 8.93. The van der Waals surface area contributed by atoms with Crippen molar-refractivity contribution in [3.63, 3.8) is 0 Å². The van der Waals surface area contributed by atoms with Gasteiger partial charge in [-0.05, 0) is 23.8 Å². The molecule has 0 saturated carbocycles. The molecule has 8 heteroatoms. The molecule has 36 heavy (non-hydrogen) atoms. The topological polar surface area (TPSA) is 72.8 Å². The molecule has 0 radical (unpaired) electrons. The van der Waals surface area contributed by atoms with E-state index in [4.69, 9.17) is 24.3 Å². The third-order valence-corrected chi connectivity index (χ3v) is 6.65. The van der Waals surface area contributed by atoms with Gasteiger partial charge in [-0.25, -0.2) is 0 Å². The van der Waals surface area contributed by atoms with Gasteiger partial charge in [-0.3, -0.25) is 4.98 Å². The van der Waals surface area contributed by atoms with Crippen LogP contribution in [-0.4, -0.2) is 67.8 Å². The predicted molar refractivity (Wildman–Crippen MR) is 140 cm³/mol. The van der Waals surface area contributed by atoms with Crippen molar-refractivity contribution in [3.05, 3.63) is 72.4 Å². The van der Waals surface area contributed by atoms with Crippen LogP contribution in [-0.2, 0) is 16.1 Å². The first-order valence-electron chi connectivity index (χ1n) is 12.4. The van der Waals surface area contributed by atoms with Crippen LogP contribution >= 0.6 is 0 Å². The molecule has 8 nitrogen and oxygen atoms in total. The standard InChI is InChI=1S/C28H29N5O3/c1-2-6-21(7-3-1)20-36-26-9-5-4-8-22(26)25-18-23-24(19-29-25)28(33-12-16-35-17-13-33)31-30-27(23)32-10-14-34-15-11-32/h1-9,18-19H,10-17,20H2. The number of nitrogens with zero attached hydrogens (tertiary/aromatic N) is 5. The van der Waals surface area contributed by atoms with Crippen molar-refractivity contribution in [1.82, 2.24) is 15.2 Å². The summed E-state index contributed by atoms with van der Waals surface area (Å²) >= 11 is 0. The van der Waals surface area contributed by atoms with Gasteiger partial charge in [0, 0.05) is 48.7 Å². The molecule has 2 fully saturated rings. The predicted octanol–water partition coefficient (Wildman–Crippen LogP) is 3.94. The number of pyridine rings is 1. The van der Waals surface area contributed by atoms with Gasteiger partial charge in [-0.2, -0.15) is 0 Å². The summed E-state index contributed by atoms with van der Waals surface area (Å²) in [5.74, 6) is 2.53. The van der Waals surface area contributed by atoms with Gasteiger partial charge in [-0.1, -0.05) is 42.5 Å². The van der Waals surface area contributed by atoms with Crippen LogP contribution in [0.15, 0.2) is 66.9 Å². The molecule has 0 aliphatic carbocycles. The summed E-state index contributed by atoms with van der Waals surface area (Å²) in [6.07, 6.45) is 1.93. The molecule has 2 aromatic carbocycles. The van der Waals surface area contributed by atoms with Gasteiger partial charge in [-0.15, -0.1) is 10.2 Å². The highest BCUT2D eigenvalue weighted by Gasteiger charge is 2.23. The molecule has 0 atom stereocenters. The molecule has 0 spiro atoms. The number of benzene rings is 2. The van der Waals surface area contributed by atoms with E-state index in [9.17, 15) is 0 Å². The highest BCUT2D eigenvalue weighted by molar-refractivity contribution is 6.00. The zero-order chi connectivity index (χ0) is 24.2. The Morgan fingerprint density at radius 1 is 0.722 bits per heavy atom. The maximum atomic E-state index is 6.24. The summed E-state index contributed by atoms with van der Waals surface area (Å²) in [5.41, 5.74) is 2.92. The van der Waals surface area contributed by atoms with Crippen molar-refractivity contribution < 1.29 is 14.2 Å². The quantitative estimate of drug-likeness (QED) is 0.408. The number of morpholine rings is 2. The Balaban J connectivity index is 1.41. The second kappa shape index (κ2) is 10.5. The first-order valence-corrected chi connectivity index (χ1v) is 12.4. The lowest BCUT2D eigenvalue weighted by molar-refractivity contribution is 0.122. The molecule has 0 amide bonds. The zero-order valence-corrected chi connectivity index (χ0v) is 20.2. The van der Waals surface area contributed by atoms with Gasteiger partial charge in [0.05, 0.1) is 32.1 Å². The number of ether oxygens (including phenoxy) is 3. The highest BCUT2D eigenvalue weighted by atomic mass is 16.5. The highest BCUT2D eigenvalue weighted by Crippen LogP contribution is 2.36. The monoisotopic (exact) mass is 483 g/mol. The Bertz CT molecular complexity index is 1320. The molecule has 2 aliphatic rings. The molecule has 0 N–H and O–H groups in total. The maximum absolute atomic E-state index is 6.24. The summed E-state index contributed by atoms with van der Waals surface area (Å²) in [6.45, 7) is 6.39. The second-order valence-corrected chi connectivity index (χ2v) is 8.93. The number of rotatable bonds is 6. The van der Waals surface area contributed by atoms with E-state index in [0.29, 0.717) is 33.0 Å². The van der Waals surface area contributed by atoms with E-state index in [-0.39, 0.29) is 0 Å². The SMILES string of the molecule is c1ccc(COc2ccccc2-c2cc3c(N4CCOCC4)nnc(N4CCOCC4)c3cn2)cc1. The van der Waals surface area contributed by atoms with Gasteiger partial charge in [0.2, 0.25) is 0 Å². The van der Waals surface area contributed by atoms with E-state index >= 15 is 0 Å². The van der Waals surface area contributed by atoms with Crippen LogP contribution < -0.4 is 14.5 Å². The molecule has 184 valence electrons. The molecule has 0 unspecified atom stereocenters. The fraction of sp³-hybridized carbons (Fsp3) is 0.321. The Morgan fingerprint density at radius 2 is 1.33 bits per heavy atom. The Hall–Kier alpha value is -3.75. The van der Waals surface area contributed by atoms with Crippen molar-refractivity contribution in [2.75, 3.05) is 62.4 Å². The molecular weight excluding hydrogens is 454 g/mol. The largest absolute Gasteiger partial charge is 0.488 e. The molecule has 4 aromatic rings. The van der Waals surface area contributed by atoms with Gasteiger partial charge in [0.1, 0.15) is 12.4 Å². The molecule has 4 heterocycles. The molecule has 2 aliphatic heterocycles. The lowest BCUT2D eigenvalue weighted by Crippen LogP contribution is -2.38. The van der Waals surface area contributed by atoms with Gasteiger partial charge in [0.25, 0.3) is 0 Å². The zero-order valence-electron chi connectivity index (χ0n) is 20.2. The average Bonchev–Trinajstić information content (AvgIpc) is 2.97. The third-order valence-electron chi connectivity index (χ3n) is 6.65. The lowest BCUT2D eigenvalue weighted by atomic mass is 10.1. The van der Waals surface area contributed by atoms with E-state index in [1.807, 2.05) is 42.6 Å². The van der Waals surface area contributed by atoms with E-state index < -0.39 is 0 Å². The van der Waals surface area contributed by atoms with Crippen LogP contribution in [0.5, 0.6) is 5.75 Å². The lowest BCUT2D eigenvalue weighted by Gasteiger charge is -2.31. The van der Waals surface area contributed by atoms with Crippen LogP contribution in [0.25, 0.3) is 22.0 Å². The molecule has 2 aromatic heterocycles. The normalized spacial score (nSPS) is 16.3. The van der Waals surface area contributed by atoms with Crippen LogP contribution in [0.4, 0.5) is 11.6 Å². The summed E-state index contributed by atoms with van der Waals surface area (Å²) < 4.78 is 17.4. The Kier molecular flexibility index (Phi) is 6.60. The van der Waals surface area contributed by atoms with Crippen molar-refractivity contribution >= 4 is 22.4 Å². The summed E-state index contributed by atoms with van der Waals surface area (Å²) in [6, 6.07) is 20.4. The van der Waals surface area contributed by atoms with E-state index in [1.54, 1.807) is 0 Å².